The van der Waals surface area contributed by atoms with Gasteiger partial charge in [0, 0.05) is 18.0 Å². The number of pyridine rings is 1. The van der Waals surface area contributed by atoms with E-state index in [0.29, 0.717) is 6.42 Å². The van der Waals surface area contributed by atoms with Gasteiger partial charge in [0.05, 0.1) is 18.9 Å². The van der Waals surface area contributed by atoms with E-state index in [-0.39, 0.29) is 12.8 Å². The molecule has 0 bridgehead atoms. The van der Waals surface area contributed by atoms with Crippen LogP contribution in [0.3, 0.4) is 0 Å². The third-order valence-electron chi connectivity index (χ3n) is 3.01. The zero-order valence-electron chi connectivity index (χ0n) is 9.10. The molecule has 6 heteroatoms. The van der Waals surface area contributed by atoms with Crippen molar-refractivity contribution < 1.29 is 14.9 Å². The first-order chi connectivity index (χ1) is 8.29. The van der Waals surface area contributed by atoms with E-state index >= 15 is 0 Å². The SMILES string of the molecule is OC[C@H]1O[C@@H](n2ncc3cccnc32)C[C@@H]1O. The maximum atomic E-state index is 9.68. The number of aromatic nitrogens is 3. The molecule has 0 saturated carbocycles. The molecule has 2 aromatic rings. The molecule has 90 valence electrons. The van der Waals surface area contributed by atoms with Gasteiger partial charge >= 0.3 is 0 Å². The van der Waals surface area contributed by atoms with Crippen LogP contribution in [0.15, 0.2) is 24.5 Å². The van der Waals surface area contributed by atoms with Crippen LogP contribution < -0.4 is 0 Å². The molecule has 1 saturated heterocycles. The Morgan fingerprint density at radius 3 is 3.18 bits per heavy atom. The highest BCUT2D eigenvalue weighted by atomic mass is 16.5. The van der Waals surface area contributed by atoms with Crippen molar-refractivity contribution in [2.45, 2.75) is 24.9 Å². The summed E-state index contributed by atoms with van der Waals surface area (Å²) in [5, 5.41) is 23.9. The molecule has 0 aromatic carbocycles. The number of hydrogen-bond acceptors (Lipinski definition) is 5. The molecule has 3 atom stereocenters. The lowest BCUT2D eigenvalue weighted by Crippen LogP contribution is -2.24. The van der Waals surface area contributed by atoms with Gasteiger partial charge < -0.3 is 14.9 Å². The van der Waals surface area contributed by atoms with Crippen LogP contribution >= 0.6 is 0 Å². The molecule has 0 spiro atoms. The highest BCUT2D eigenvalue weighted by Crippen LogP contribution is 2.29. The molecule has 0 radical (unpaired) electrons. The third kappa shape index (κ3) is 1.70. The summed E-state index contributed by atoms with van der Waals surface area (Å²) < 4.78 is 7.18. The number of fused-ring (bicyclic) bond motifs is 1. The summed E-state index contributed by atoms with van der Waals surface area (Å²) in [4.78, 5) is 4.24. The fourth-order valence-corrected chi connectivity index (χ4v) is 2.12. The van der Waals surface area contributed by atoms with Gasteiger partial charge in [0.1, 0.15) is 6.10 Å². The Hall–Kier alpha value is -1.50. The second-order valence-electron chi connectivity index (χ2n) is 4.12. The van der Waals surface area contributed by atoms with Crippen LogP contribution in [0, 0.1) is 0 Å². The summed E-state index contributed by atoms with van der Waals surface area (Å²) in [7, 11) is 0. The highest BCUT2D eigenvalue weighted by Gasteiger charge is 2.35. The summed E-state index contributed by atoms with van der Waals surface area (Å²) in [6, 6.07) is 3.76. The van der Waals surface area contributed by atoms with Gasteiger partial charge in [-0.05, 0) is 12.1 Å². The number of hydrogen-bond donors (Lipinski definition) is 2. The molecule has 17 heavy (non-hydrogen) atoms. The van der Waals surface area contributed by atoms with Crippen molar-refractivity contribution in [1.82, 2.24) is 14.8 Å². The van der Waals surface area contributed by atoms with Crippen LogP contribution in [0.25, 0.3) is 11.0 Å². The molecule has 3 rings (SSSR count). The van der Waals surface area contributed by atoms with Gasteiger partial charge in [-0.2, -0.15) is 5.10 Å². The topological polar surface area (TPSA) is 80.4 Å². The molecule has 0 unspecified atom stereocenters. The van der Waals surface area contributed by atoms with Gasteiger partial charge in [-0.25, -0.2) is 9.67 Å². The Labute approximate surface area is 97.5 Å². The quantitative estimate of drug-likeness (QED) is 0.770. The summed E-state index contributed by atoms with van der Waals surface area (Å²) in [5.41, 5.74) is 0.725. The molecule has 0 aliphatic carbocycles. The number of rotatable bonds is 2. The standard InChI is InChI=1S/C11H13N3O3/c15-6-9-8(16)4-10(17-9)14-11-7(5-13-14)2-1-3-12-11/h1-3,5,8-10,15-16H,4,6H2/t8-,9+,10+/m0/s1. The summed E-state index contributed by atoms with van der Waals surface area (Å²) in [6.45, 7) is -0.190. The molecule has 6 nitrogen and oxygen atoms in total. The van der Waals surface area contributed by atoms with Crippen molar-refractivity contribution >= 4 is 11.0 Å². The predicted molar refractivity (Wildman–Crippen MR) is 59.1 cm³/mol. The molecule has 1 aliphatic heterocycles. The van der Waals surface area contributed by atoms with Crippen LogP contribution in [0.4, 0.5) is 0 Å². The lowest BCUT2D eigenvalue weighted by atomic mass is 10.2. The smallest absolute Gasteiger partial charge is 0.160 e. The second kappa shape index (κ2) is 4.06. The molecule has 1 aliphatic rings. The third-order valence-corrected chi connectivity index (χ3v) is 3.01. The normalized spacial score (nSPS) is 28.9. The zero-order valence-corrected chi connectivity index (χ0v) is 9.10. The predicted octanol–water partition coefficient (Wildman–Crippen LogP) is 0.0720. The van der Waals surface area contributed by atoms with E-state index in [9.17, 15) is 5.11 Å². The van der Waals surface area contributed by atoms with E-state index in [0.717, 1.165) is 11.0 Å². The van der Waals surface area contributed by atoms with E-state index in [1.54, 1.807) is 17.1 Å². The summed E-state index contributed by atoms with van der Waals surface area (Å²) in [5.74, 6) is 0. The van der Waals surface area contributed by atoms with Gasteiger partial charge in [0.15, 0.2) is 11.9 Å². The van der Waals surface area contributed by atoms with Gasteiger partial charge in [-0.3, -0.25) is 0 Å². The van der Waals surface area contributed by atoms with Crippen LogP contribution in [-0.2, 0) is 4.74 Å². The van der Waals surface area contributed by atoms with E-state index < -0.39 is 12.2 Å². The average Bonchev–Trinajstić information content (AvgIpc) is 2.92. The molecular formula is C11H13N3O3. The minimum atomic E-state index is -0.659. The molecule has 2 aromatic heterocycles. The van der Waals surface area contributed by atoms with Gasteiger partial charge in [-0.15, -0.1) is 0 Å². The van der Waals surface area contributed by atoms with Crippen molar-refractivity contribution in [1.29, 1.82) is 0 Å². The largest absolute Gasteiger partial charge is 0.394 e. The maximum absolute atomic E-state index is 9.68. The highest BCUT2D eigenvalue weighted by molar-refractivity contribution is 5.73. The number of aliphatic hydroxyl groups excluding tert-OH is 2. The first kappa shape index (κ1) is 10.6. The van der Waals surface area contributed by atoms with Gasteiger partial charge in [-0.1, -0.05) is 0 Å². The van der Waals surface area contributed by atoms with Crippen molar-refractivity contribution in [3.05, 3.63) is 24.5 Å². The minimum absolute atomic E-state index is 0.190. The minimum Gasteiger partial charge on any atom is -0.394 e. The molecule has 2 N–H and O–H groups in total. The Kier molecular flexibility index (Phi) is 2.54. The van der Waals surface area contributed by atoms with Crippen LogP contribution in [-0.4, -0.2) is 43.8 Å². The van der Waals surface area contributed by atoms with Gasteiger partial charge in [0.25, 0.3) is 0 Å². The molecule has 3 heterocycles. The lowest BCUT2D eigenvalue weighted by Gasteiger charge is -2.12. The molecule has 0 amide bonds. The Morgan fingerprint density at radius 1 is 1.53 bits per heavy atom. The van der Waals surface area contributed by atoms with Crippen molar-refractivity contribution in [3.63, 3.8) is 0 Å². The first-order valence-electron chi connectivity index (χ1n) is 5.52. The van der Waals surface area contributed by atoms with Crippen LogP contribution in [0.5, 0.6) is 0 Å². The van der Waals surface area contributed by atoms with Crippen molar-refractivity contribution in [2.75, 3.05) is 6.61 Å². The van der Waals surface area contributed by atoms with Gasteiger partial charge in [0.2, 0.25) is 0 Å². The Bertz CT molecular complexity index is 527. The number of nitrogens with zero attached hydrogens (tertiary/aromatic N) is 3. The van der Waals surface area contributed by atoms with E-state index in [1.807, 2.05) is 12.1 Å². The maximum Gasteiger partial charge on any atom is 0.160 e. The summed E-state index contributed by atoms with van der Waals surface area (Å²) in [6.07, 6.45) is 2.25. The first-order valence-corrected chi connectivity index (χ1v) is 5.52. The van der Waals surface area contributed by atoms with Crippen molar-refractivity contribution in [3.8, 4) is 0 Å². The molecule has 1 fully saturated rings. The van der Waals surface area contributed by atoms with E-state index in [4.69, 9.17) is 9.84 Å². The lowest BCUT2D eigenvalue weighted by molar-refractivity contribution is -0.0470. The average molecular weight is 235 g/mol. The zero-order chi connectivity index (χ0) is 11.8. The van der Waals surface area contributed by atoms with Crippen LogP contribution in [0.1, 0.15) is 12.6 Å². The Morgan fingerprint density at radius 2 is 2.41 bits per heavy atom. The fourth-order valence-electron chi connectivity index (χ4n) is 2.12. The second-order valence-corrected chi connectivity index (χ2v) is 4.12. The van der Waals surface area contributed by atoms with Crippen LogP contribution in [0.2, 0.25) is 0 Å². The van der Waals surface area contributed by atoms with E-state index in [1.165, 1.54) is 0 Å². The summed E-state index contributed by atoms with van der Waals surface area (Å²) >= 11 is 0. The van der Waals surface area contributed by atoms with Crippen molar-refractivity contribution in [2.24, 2.45) is 0 Å². The van der Waals surface area contributed by atoms with E-state index in [2.05, 4.69) is 10.1 Å². The number of ether oxygens (including phenoxy) is 1. The monoisotopic (exact) mass is 235 g/mol. The fraction of sp³-hybridized carbons (Fsp3) is 0.455. The Balaban J connectivity index is 1.95. The molecular weight excluding hydrogens is 222 g/mol. The number of aliphatic hydroxyl groups is 2.